The molecule has 1 aliphatic rings. The molecule has 0 radical (unpaired) electrons. The summed E-state index contributed by atoms with van der Waals surface area (Å²) in [5, 5.41) is 0. The van der Waals surface area contributed by atoms with E-state index in [9.17, 15) is 4.79 Å². The van der Waals surface area contributed by atoms with Gasteiger partial charge in [-0.2, -0.15) is 0 Å². The minimum atomic E-state index is 0.199. The Morgan fingerprint density at radius 1 is 1.18 bits per heavy atom. The van der Waals surface area contributed by atoms with Gasteiger partial charge in [0.05, 0.1) is 0 Å². The van der Waals surface area contributed by atoms with E-state index in [1.165, 1.54) is 0 Å². The van der Waals surface area contributed by atoms with E-state index in [-0.39, 0.29) is 11.2 Å². The first-order chi connectivity index (χ1) is 8.01. The molecule has 0 heterocycles. The Hall–Kier alpha value is -1.37. The maximum Gasteiger partial charge on any atom is 0.163 e. The summed E-state index contributed by atoms with van der Waals surface area (Å²) in [7, 11) is 0. The van der Waals surface area contributed by atoms with E-state index in [1.54, 1.807) is 0 Å². The molecule has 1 aromatic rings. The average Bonchev–Trinajstić information content (AvgIpc) is 2.57. The fourth-order valence-corrected chi connectivity index (χ4v) is 2.41. The van der Waals surface area contributed by atoms with Gasteiger partial charge in [-0.15, -0.1) is 0 Å². The maximum absolute atomic E-state index is 12.2. The quantitative estimate of drug-likeness (QED) is 0.562. The Balaban J connectivity index is 2.08. The molecule has 1 aromatic carbocycles. The normalized spacial score (nSPS) is 26.1. The number of hydrogen-bond acceptors (Lipinski definition) is 1. The van der Waals surface area contributed by atoms with Gasteiger partial charge in [0.15, 0.2) is 5.78 Å². The van der Waals surface area contributed by atoms with Crippen molar-refractivity contribution in [2.24, 2.45) is 17.3 Å². The molecule has 0 fully saturated rings. The van der Waals surface area contributed by atoms with Gasteiger partial charge in [0.2, 0.25) is 0 Å². The Labute approximate surface area is 104 Å². The lowest BCUT2D eigenvalue weighted by molar-refractivity contribution is 0.0925. The van der Waals surface area contributed by atoms with Gasteiger partial charge in [-0.25, -0.2) is 0 Å². The van der Waals surface area contributed by atoms with Crippen LogP contribution in [0.1, 0.15) is 37.6 Å². The Morgan fingerprint density at radius 2 is 1.82 bits per heavy atom. The van der Waals surface area contributed by atoms with E-state index >= 15 is 0 Å². The molecular weight excluding hydrogens is 208 g/mol. The van der Waals surface area contributed by atoms with Crippen LogP contribution in [0.4, 0.5) is 0 Å². The van der Waals surface area contributed by atoms with Crippen molar-refractivity contribution in [3.63, 3.8) is 0 Å². The molecule has 90 valence electrons. The molecule has 0 amide bonds. The molecular formula is C16H20O. The summed E-state index contributed by atoms with van der Waals surface area (Å²) < 4.78 is 0. The van der Waals surface area contributed by atoms with Gasteiger partial charge < -0.3 is 0 Å². The molecule has 0 unspecified atom stereocenters. The van der Waals surface area contributed by atoms with Crippen LogP contribution in [0, 0.1) is 17.3 Å². The molecule has 0 saturated heterocycles. The predicted octanol–water partition coefficient (Wildman–Crippen LogP) is 4.11. The fourth-order valence-electron chi connectivity index (χ4n) is 2.41. The van der Waals surface area contributed by atoms with Crippen molar-refractivity contribution in [2.75, 3.05) is 0 Å². The van der Waals surface area contributed by atoms with Crippen LogP contribution in [0.15, 0.2) is 42.5 Å². The van der Waals surface area contributed by atoms with E-state index in [4.69, 9.17) is 0 Å². The van der Waals surface area contributed by atoms with Gasteiger partial charge in [-0.05, 0) is 17.3 Å². The van der Waals surface area contributed by atoms with Gasteiger partial charge in [0, 0.05) is 12.0 Å². The van der Waals surface area contributed by atoms with Crippen LogP contribution in [0.5, 0.6) is 0 Å². The van der Waals surface area contributed by atoms with E-state index in [1.807, 2.05) is 30.3 Å². The number of Topliss-reactive ketones (excluding diaryl/α,β-unsaturated/α-hetero) is 1. The number of benzene rings is 1. The van der Waals surface area contributed by atoms with Crippen LogP contribution in [0.3, 0.4) is 0 Å². The van der Waals surface area contributed by atoms with E-state index < -0.39 is 0 Å². The van der Waals surface area contributed by atoms with Crippen molar-refractivity contribution in [2.45, 2.75) is 27.2 Å². The molecule has 1 nitrogen and oxygen atoms in total. The zero-order valence-corrected chi connectivity index (χ0v) is 10.8. The summed E-state index contributed by atoms with van der Waals surface area (Å²) in [6, 6.07) is 9.59. The lowest BCUT2D eigenvalue weighted by atomic mass is 9.73. The van der Waals surface area contributed by atoms with Crippen molar-refractivity contribution < 1.29 is 4.79 Å². The number of carbonyl (C=O) groups excluding carboxylic acids is 1. The highest BCUT2D eigenvalue weighted by atomic mass is 16.1. The van der Waals surface area contributed by atoms with Crippen molar-refractivity contribution in [1.82, 2.24) is 0 Å². The third-order valence-corrected chi connectivity index (χ3v) is 4.26. The number of allylic oxidation sites excluding steroid dienone is 2. The first kappa shape index (κ1) is 12.1. The number of ketones is 1. The summed E-state index contributed by atoms with van der Waals surface area (Å²) in [5.41, 5.74) is 1.03. The van der Waals surface area contributed by atoms with Crippen LogP contribution in [-0.4, -0.2) is 5.78 Å². The van der Waals surface area contributed by atoms with Crippen LogP contribution in [0.2, 0.25) is 0 Å². The topological polar surface area (TPSA) is 17.1 Å². The highest BCUT2D eigenvalue weighted by Crippen LogP contribution is 2.44. The average molecular weight is 228 g/mol. The van der Waals surface area contributed by atoms with E-state index in [0.29, 0.717) is 18.3 Å². The largest absolute Gasteiger partial charge is 0.294 e. The smallest absolute Gasteiger partial charge is 0.163 e. The molecule has 17 heavy (non-hydrogen) atoms. The van der Waals surface area contributed by atoms with Crippen molar-refractivity contribution >= 4 is 5.78 Å². The van der Waals surface area contributed by atoms with Crippen LogP contribution in [0.25, 0.3) is 0 Å². The summed E-state index contributed by atoms with van der Waals surface area (Å²) in [6.45, 7) is 6.73. The molecule has 0 saturated carbocycles. The third kappa shape index (κ3) is 2.33. The van der Waals surface area contributed by atoms with Crippen molar-refractivity contribution in [3.05, 3.63) is 48.0 Å². The Bertz CT molecular complexity index is 428. The summed E-state index contributed by atoms with van der Waals surface area (Å²) in [4.78, 5) is 12.2. The van der Waals surface area contributed by atoms with Gasteiger partial charge in [-0.3, -0.25) is 4.79 Å². The molecule has 0 N–H and O–H groups in total. The second kappa shape index (κ2) is 4.48. The van der Waals surface area contributed by atoms with Crippen LogP contribution >= 0.6 is 0 Å². The molecule has 0 bridgehead atoms. The highest BCUT2D eigenvalue weighted by molar-refractivity contribution is 5.96. The number of rotatable bonds is 3. The SMILES string of the molecule is C[C@@H]1C=C[C@@H](CC(=O)c2ccccc2)C1(C)C. The van der Waals surface area contributed by atoms with Gasteiger partial charge >= 0.3 is 0 Å². The van der Waals surface area contributed by atoms with E-state index in [2.05, 4.69) is 32.9 Å². The monoisotopic (exact) mass is 228 g/mol. The Kier molecular flexibility index (Phi) is 3.19. The van der Waals surface area contributed by atoms with E-state index in [0.717, 1.165) is 5.56 Å². The van der Waals surface area contributed by atoms with Crippen LogP contribution < -0.4 is 0 Å². The molecule has 2 rings (SSSR count). The second-order valence-corrected chi connectivity index (χ2v) is 5.59. The maximum atomic E-state index is 12.2. The van der Waals surface area contributed by atoms with Gasteiger partial charge in [-0.1, -0.05) is 63.3 Å². The first-order valence-corrected chi connectivity index (χ1v) is 6.28. The molecule has 1 heteroatoms. The predicted molar refractivity (Wildman–Crippen MR) is 71.0 cm³/mol. The highest BCUT2D eigenvalue weighted by Gasteiger charge is 2.37. The molecule has 0 aliphatic heterocycles. The lowest BCUT2D eigenvalue weighted by Crippen LogP contribution is -2.26. The van der Waals surface area contributed by atoms with Crippen molar-refractivity contribution in [3.8, 4) is 0 Å². The molecule has 0 aromatic heterocycles. The van der Waals surface area contributed by atoms with Gasteiger partial charge in [0.25, 0.3) is 0 Å². The number of carbonyl (C=O) groups is 1. The second-order valence-electron chi connectivity index (χ2n) is 5.59. The Morgan fingerprint density at radius 3 is 2.35 bits per heavy atom. The van der Waals surface area contributed by atoms with Crippen molar-refractivity contribution in [1.29, 1.82) is 0 Å². The lowest BCUT2D eigenvalue weighted by Gasteiger charge is -2.31. The first-order valence-electron chi connectivity index (χ1n) is 6.28. The fraction of sp³-hybridized carbons (Fsp3) is 0.438. The minimum absolute atomic E-state index is 0.199. The standard InChI is InChI=1S/C16H20O/c1-12-9-10-14(16(12,2)3)11-15(17)13-7-5-4-6-8-13/h4-10,12,14H,11H2,1-3H3/t12-,14+/m1/s1. The van der Waals surface area contributed by atoms with Gasteiger partial charge in [0.1, 0.15) is 0 Å². The summed E-state index contributed by atoms with van der Waals surface area (Å²) >= 11 is 0. The summed E-state index contributed by atoms with van der Waals surface area (Å²) in [6.07, 6.45) is 5.08. The number of hydrogen-bond donors (Lipinski definition) is 0. The molecule has 1 aliphatic carbocycles. The third-order valence-electron chi connectivity index (χ3n) is 4.26. The molecule has 2 atom stereocenters. The minimum Gasteiger partial charge on any atom is -0.294 e. The zero-order chi connectivity index (χ0) is 12.5. The summed E-state index contributed by atoms with van der Waals surface area (Å²) in [5.74, 6) is 1.17. The zero-order valence-electron chi connectivity index (χ0n) is 10.8. The molecule has 0 spiro atoms. The van der Waals surface area contributed by atoms with Crippen LogP contribution in [-0.2, 0) is 0 Å².